The second-order valence-electron chi connectivity index (χ2n) is 8.27. The van der Waals surface area contributed by atoms with Gasteiger partial charge in [-0.2, -0.15) is 31.4 Å². The first kappa shape index (κ1) is 25.9. The molecule has 0 amide bonds. The lowest BCUT2D eigenvalue weighted by molar-refractivity contribution is -0.137. The first-order chi connectivity index (χ1) is 16.7. The number of hydrogen-bond donors (Lipinski definition) is 1. The van der Waals surface area contributed by atoms with Crippen molar-refractivity contribution < 1.29 is 39.5 Å². The van der Waals surface area contributed by atoms with Crippen molar-refractivity contribution in [2.24, 2.45) is 0 Å². The van der Waals surface area contributed by atoms with Crippen LogP contribution in [0.5, 0.6) is 11.6 Å². The van der Waals surface area contributed by atoms with Crippen LogP contribution in [-0.4, -0.2) is 35.1 Å². The van der Waals surface area contributed by atoms with Crippen LogP contribution in [0.4, 0.5) is 26.3 Å². The van der Waals surface area contributed by atoms with E-state index < -0.39 is 39.2 Å². The van der Waals surface area contributed by atoms with Crippen LogP contribution in [0.2, 0.25) is 0 Å². The minimum atomic E-state index is -4.88. The topological polar surface area (TPSA) is 86.1 Å². The molecule has 0 unspecified atom stereocenters. The number of hydrogen-bond acceptors (Lipinski definition) is 5. The molecule has 4 rings (SSSR count). The van der Waals surface area contributed by atoms with Gasteiger partial charge in [-0.1, -0.05) is 6.07 Å². The zero-order valence-electron chi connectivity index (χ0n) is 18.7. The average molecular weight is 534 g/mol. The van der Waals surface area contributed by atoms with Crippen molar-refractivity contribution in [1.29, 1.82) is 0 Å². The van der Waals surface area contributed by atoms with Gasteiger partial charge in [0.1, 0.15) is 11.4 Å². The molecule has 1 fully saturated rings. The zero-order valence-corrected chi connectivity index (χ0v) is 19.5. The summed E-state index contributed by atoms with van der Waals surface area (Å²) >= 11 is 0. The van der Waals surface area contributed by atoms with Gasteiger partial charge in [0, 0.05) is 12.6 Å². The minimum Gasteiger partial charge on any atom is -0.439 e. The highest BCUT2D eigenvalue weighted by atomic mass is 32.2. The molecule has 1 N–H and O–H groups in total. The molecule has 2 heterocycles. The van der Waals surface area contributed by atoms with Gasteiger partial charge in [-0.15, -0.1) is 0 Å². The predicted octanol–water partition coefficient (Wildman–Crippen LogP) is 5.25. The molecule has 0 bridgehead atoms. The Labute approximate surface area is 202 Å². The van der Waals surface area contributed by atoms with Gasteiger partial charge < -0.3 is 4.74 Å². The number of halogens is 6. The molecule has 1 aliphatic rings. The largest absolute Gasteiger partial charge is 0.439 e. The third-order valence-corrected chi connectivity index (χ3v) is 6.81. The van der Waals surface area contributed by atoms with Crippen molar-refractivity contribution in [1.82, 2.24) is 19.5 Å². The van der Waals surface area contributed by atoms with Gasteiger partial charge >= 0.3 is 12.4 Å². The first-order valence-electron chi connectivity index (χ1n) is 10.7. The molecule has 0 atom stereocenters. The highest BCUT2D eigenvalue weighted by Gasteiger charge is 2.50. The van der Waals surface area contributed by atoms with Crippen molar-refractivity contribution in [3.05, 3.63) is 59.8 Å². The van der Waals surface area contributed by atoms with Crippen LogP contribution in [0.3, 0.4) is 0 Å². The molecule has 3 aromatic rings. The van der Waals surface area contributed by atoms with Crippen molar-refractivity contribution >= 4 is 10.0 Å². The molecule has 2 aromatic heterocycles. The fourth-order valence-electron chi connectivity index (χ4n) is 3.59. The highest BCUT2D eigenvalue weighted by Crippen LogP contribution is 2.46. The van der Waals surface area contributed by atoms with E-state index in [1.165, 1.54) is 28.9 Å². The van der Waals surface area contributed by atoms with Gasteiger partial charge in [0.05, 0.1) is 22.5 Å². The second kappa shape index (κ2) is 9.07. The van der Waals surface area contributed by atoms with E-state index in [0.717, 1.165) is 12.1 Å². The summed E-state index contributed by atoms with van der Waals surface area (Å²) in [7, 11) is -4.64. The standard InChI is InChI=1S/C22H20F6N4O3S/c1-2-32-19(35-15-8-6-14(7-9-15)22(26,27)28)12-17(30-32)16-4-3-5-18(29-16)20(10-11-20)31-36(33,34)13-21(23,24)25/h3-9,12,31H,2,10-11,13H2,1H3. The van der Waals surface area contributed by atoms with Gasteiger partial charge in [-0.25, -0.2) is 22.8 Å². The Morgan fingerprint density at radius 3 is 2.25 bits per heavy atom. The number of sulfonamides is 1. The summed E-state index contributed by atoms with van der Waals surface area (Å²) in [5, 5.41) is 4.38. The second-order valence-corrected chi connectivity index (χ2v) is 10.00. The molecule has 0 aliphatic heterocycles. The number of alkyl halides is 6. The molecule has 14 heteroatoms. The van der Waals surface area contributed by atoms with Gasteiger partial charge in [0.15, 0.2) is 5.75 Å². The highest BCUT2D eigenvalue weighted by molar-refractivity contribution is 7.89. The zero-order chi connectivity index (χ0) is 26.4. The fraction of sp³-hybridized carbons (Fsp3) is 0.364. The fourth-order valence-corrected chi connectivity index (χ4v) is 5.00. The minimum absolute atomic E-state index is 0.155. The maximum atomic E-state index is 12.8. The summed E-state index contributed by atoms with van der Waals surface area (Å²) in [6, 6.07) is 10.3. The summed E-state index contributed by atoms with van der Waals surface area (Å²) in [6.07, 6.45) is -8.79. The van der Waals surface area contributed by atoms with Gasteiger partial charge in [0.2, 0.25) is 15.9 Å². The number of benzene rings is 1. The lowest BCUT2D eigenvalue weighted by atomic mass is 10.1. The van der Waals surface area contributed by atoms with E-state index in [1.807, 2.05) is 0 Å². The third kappa shape index (κ3) is 5.98. The Balaban J connectivity index is 1.57. The quantitative estimate of drug-likeness (QED) is 0.399. The van der Waals surface area contributed by atoms with Crippen LogP contribution in [0.25, 0.3) is 11.4 Å². The summed E-state index contributed by atoms with van der Waals surface area (Å²) in [5.41, 5.74) is -1.15. The molecule has 36 heavy (non-hydrogen) atoms. The van der Waals surface area contributed by atoms with Crippen molar-refractivity contribution in [3.8, 4) is 23.0 Å². The SMILES string of the molecule is CCn1nc(-c2cccc(C3(NS(=O)(=O)CC(F)(F)F)CC3)n2)cc1Oc1ccc(C(F)(F)F)cc1. The summed E-state index contributed by atoms with van der Waals surface area (Å²) < 4.78 is 110. The number of aryl methyl sites for hydroxylation is 1. The summed E-state index contributed by atoms with van der Waals surface area (Å²) in [4.78, 5) is 4.43. The number of pyridine rings is 1. The van der Waals surface area contributed by atoms with Crippen molar-refractivity contribution in [2.45, 2.75) is 44.2 Å². The van der Waals surface area contributed by atoms with Gasteiger partial charge in [0.25, 0.3) is 0 Å². The van der Waals surface area contributed by atoms with E-state index in [1.54, 1.807) is 19.1 Å². The molecular formula is C22H20F6N4O3S. The maximum Gasteiger partial charge on any atom is 0.416 e. The van der Waals surface area contributed by atoms with E-state index >= 15 is 0 Å². The van der Waals surface area contributed by atoms with Crippen LogP contribution in [0.1, 0.15) is 31.0 Å². The Hall–Kier alpha value is -3.13. The monoisotopic (exact) mass is 534 g/mol. The van der Waals surface area contributed by atoms with E-state index in [-0.39, 0.29) is 30.2 Å². The number of ether oxygens (including phenoxy) is 1. The predicted molar refractivity (Wildman–Crippen MR) is 117 cm³/mol. The first-order valence-corrected chi connectivity index (χ1v) is 12.3. The molecule has 194 valence electrons. The van der Waals surface area contributed by atoms with Gasteiger partial charge in [-0.3, -0.25) is 0 Å². The lowest BCUT2D eigenvalue weighted by Crippen LogP contribution is -2.40. The van der Waals surface area contributed by atoms with Crippen LogP contribution < -0.4 is 9.46 Å². The van der Waals surface area contributed by atoms with Gasteiger partial charge in [-0.05, 0) is 56.2 Å². The Kier molecular flexibility index (Phi) is 6.54. The molecule has 0 saturated heterocycles. The number of rotatable bonds is 8. The van der Waals surface area contributed by atoms with Crippen LogP contribution in [-0.2, 0) is 28.3 Å². The van der Waals surface area contributed by atoms with E-state index in [9.17, 15) is 34.8 Å². The number of nitrogens with zero attached hydrogens (tertiary/aromatic N) is 3. The van der Waals surface area contributed by atoms with Crippen molar-refractivity contribution in [2.75, 3.05) is 5.75 Å². The molecule has 0 spiro atoms. The Morgan fingerprint density at radius 2 is 1.69 bits per heavy atom. The molecule has 0 radical (unpaired) electrons. The molecule has 7 nitrogen and oxygen atoms in total. The summed E-state index contributed by atoms with van der Waals surface area (Å²) in [6.45, 7) is 2.13. The smallest absolute Gasteiger partial charge is 0.416 e. The maximum absolute atomic E-state index is 12.8. The Morgan fingerprint density at radius 1 is 1.03 bits per heavy atom. The molecular weight excluding hydrogens is 514 g/mol. The van der Waals surface area contributed by atoms with Crippen molar-refractivity contribution in [3.63, 3.8) is 0 Å². The van der Waals surface area contributed by atoms with E-state index in [2.05, 4.69) is 14.8 Å². The van der Waals surface area contributed by atoms with E-state index in [0.29, 0.717) is 17.9 Å². The van der Waals surface area contributed by atoms with Crippen LogP contribution in [0.15, 0.2) is 48.5 Å². The Bertz CT molecular complexity index is 1350. The van der Waals surface area contributed by atoms with Crippen LogP contribution >= 0.6 is 0 Å². The number of aromatic nitrogens is 3. The third-order valence-electron chi connectivity index (χ3n) is 5.40. The molecule has 1 saturated carbocycles. The van der Waals surface area contributed by atoms with E-state index in [4.69, 9.17) is 4.74 Å². The summed E-state index contributed by atoms with van der Waals surface area (Å²) in [5.74, 6) is -1.61. The molecule has 1 aliphatic carbocycles. The van der Waals surface area contributed by atoms with Crippen LogP contribution in [0, 0.1) is 0 Å². The average Bonchev–Trinajstić information content (AvgIpc) is 3.42. The lowest BCUT2D eigenvalue weighted by Gasteiger charge is -2.18. The normalized spacial score (nSPS) is 15.6. The number of nitrogens with one attached hydrogen (secondary N) is 1. The molecule has 1 aromatic carbocycles.